The molecule has 0 aliphatic heterocycles. The van der Waals surface area contributed by atoms with Gasteiger partial charge in [-0.2, -0.15) is 0 Å². The number of hydrogen-bond acceptors (Lipinski definition) is 5. The zero-order valence-electron chi connectivity index (χ0n) is 16.2. The lowest BCUT2D eigenvalue weighted by molar-refractivity contribution is -0.138. The Morgan fingerprint density at radius 1 is 1.07 bits per heavy atom. The fourth-order valence-electron chi connectivity index (χ4n) is 2.78. The minimum absolute atomic E-state index is 0.134. The number of carbonyl (C=O) groups is 2. The summed E-state index contributed by atoms with van der Waals surface area (Å²) < 4.78 is 11.5. The van der Waals surface area contributed by atoms with E-state index in [-0.39, 0.29) is 19.3 Å². The zero-order chi connectivity index (χ0) is 21.4. The van der Waals surface area contributed by atoms with Gasteiger partial charge in [0.15, 0.2) is 11.5 Å². The van der Waals surface area contributed by atoms with Crippen LogP contribution in [0.1, 0.15) is 36.4 Å². The summed E-state index contributed by atoms with van der Waals surface area (Å²) in [5.41, 5.74) is 1.81. The van der Waals surface area contributed by atoms with Gasteiger partial charge < -0.3 is 25.3 Å². The van der Waals surface area contributed by atoms with Crippen molar-refractivity contribution >= 4 is 33.5 Å². The van der Waals surface area contributed by atoms with Crippen molar-refractivity contribution in [1.82, 2.24) is 5.32 Å². The summed E-state index contributed by atoms with van der Waals surface area (Å²) in [6.45, 7) is 0. The molecule has 2 aromatic carbocycles. The Morgan fingerprint density at radius 2 is 1.72 bits per heavy atom. The van der Waals surface area contributed by atoms with Crippen molar-refractivity contribution in [2.75, 3.05) is 14.2 Å². The predicted octanol–water partition coefficient (Wildman–Crippen LogP) is 3.95. The average Bonchev–Trinajstić information content (AvgIpc) is 2.71. The van der Waals surface area contributed by atoms with Gasteiger partial charge in [0.2, 0.25) is 5.91 Å². The SMILES string of the molecule is COc1ccc(C(CC(=N)c2ccc(Br)cc2)NC(=O)CCC(=O)O)cc1OC. The van der Waals surface area contributed by atoms with Crippen LogP contribution in [-0.2, 0) is 9.59 Å². The Balaban J connectivity index is 2.27. The third kappa shape index (κ3) is 6.60. The fraction of sp³-hybridized carbons (Fsp3) is 0.286. The van der Waals surface area contributed by atoms with Crippen molar-refractivity contribution < 1.29 is 24.2 Å². The van der Waals surface area contributed by atoms with E-state index < -0.39 is 17.9 Å². The summed E-state index contributed by atoms with van der Waals surface area (Å²) in [6.07, 6.45) is -0.157. The molecule has 0 bridgehead atoms. The summed E-state index contributed by atoms with van der Waals surface area (Å²) in [5, 5.41) is 20.1. The molecule has 0 aromatic heterocycles. The minimum Gasteiger partial charge on any atom is -0.493 e. The van der Waals surface area contributed by atoms with Gasteiger partial charge in [-0.05, 0) is 35.4 Å². The van der Waals surface area contributed by atoms with Crippen molar-refractivity contribution in [1.29, 1.82) is 5.41 Å². The molecule has 0 heterocycles. The molecule has 154 valence electrons. The highest BCUT2D eigenvalue weighted by Crippen LogP contribution is 2.31. The van der Waals surface area contributed by atoms with Gasteiger partial charge >= 0.3 is 5.97 Å². The quantitative estimate of drug-likeness (QED) is 0.463. The molecule has 29 heavy (non-hydrogen) atoms. The highest BCUT2D eigenvalue weighted by Gasteiger charge is 2.20. The Hall–Kier alpha value is -2.87. The summed E-state index contributed by atoms with van der Waals surface area (Å²) in [4.78, 5) is 23.0. The van der Waals surface area contributed by atoms with Gasteiger partial charge in [-0.25, -0.2) is 0 Å². The van der Waals surface area contributed by atoms with Crippen LogP contribution in [0.5, 0.6) is 11.5 Å². The molecule has 0 aliphatic rings. The van der Waals surface area contributed by atoms with Gasteiger partial charge in [-0.15, -0.1) is 0 Å². The Labute approximate surface area is 177 Å². The van der Waals surface area contributed by atoms with Crippen LogP contribution in [0.3, 0.4) is 0 Å². The summed E-state index contributed by atoms with van der Waals surface area (Å²) in [6, 6.07) is 12.1. The number of benzene rings is 2. The number of carbonyl (C=O) groups excluding carboxylic acids is 1. The molecule has 1 amide bonds. The molecule has 2 aromatic rings. The maximum atomic E-state index is 12.3. The van der Waals surface area contributed by atoms with Gasteiger partial charge in [-0.3, -0.25) is 9.59 Å². The van der Waals surface area contributed by atoms with Crippen LogP contribution in [0, 0.1) is 5.41 Å². The Kier molecular flexibility index (Phi) is 8.21. The molecule has 0 saturated carbocycles. The number of nitrogens with one attached hydrogen (secondary N) is 2. The third-order valence-electron chi connectivity index (χ3n) is 4.31. The van der Waals surface area contributed by atoms with Crippen LogP contribution in [0.25, 0.3) is 0 Å². The Morgan fingerprint density at radius 3 is 2.31 bits per heavy atom. The normalized spacial score (nSPS) is 11.4. The van der Waals surface area contributed by atoms with Crippen molar-refractivity contribution in [2.45, 2.75) is 25.3 Å². The number of carboxylic acid groups (broad SMARTS) is 1. The topological polar surface area (TPSA) is 109 Å². The number of amides is 1. The lowest BCUT2D eigenvalue weighted by Gasteiger charge is -2.21. The fourth-order valence-corrected chi connectivity index (χ4v) is 3.05. The number of halogens is 1. The first-order valence-corrected chi connectivity index (χ1v) is 9.69. The molecule has 0 spiro atoms. The molecular formula is C21H23BrN2O5. The van der Waals surface area contributed by atoms with Crippen molar-refractivity contribution in [3.8, 4) is 11.5 Å². The maximum Gasteiger partial charge on any atom is 0.303 e. The van der Waals surface area contributed by atoms with Crippen LogP contribution in [-0.4, -0.2) is 36.9 Å². The van der Waals surface area contributed by atoms with E-state index in [9.17, 15) is 9.59 Å². The summed E-state index contributed by atoms with van der Waals surface area (Å²) in [5.74, 6) is -0.374. The molecule has 0 fully saturated rings. The average molecular weight is 463 g/mol. The number of aliphatic carboxylic acids is 1. The summed E-state index contributed by atoms with van der Waals surface area (Å²) >= 11 is 3.37. The highest BCUT2D eigenvalue weighted by atomic mass is 79.9. The van der Waals surface area contributed by atoms with E-state index >= 15 is 0 Å². The Bertz CT molecular complexity index is 883. The standard InChI is InChI=1S/C21H23BrN2O5/c1-28-18-8-5-14(11-19(18)29-2)17(24-20(25)9-10-21(26)27)12-16(23)13-3-6-15(22)7-4-13/h3-8,11,17,23H,9-10,12H2,1-2H3,(H,24,25)(H,26,27). The smallest absolute Gasteiger partial charge is 0.303 e. The maximum absolute atomic E-state index is 12.3. The lowest BCUT2D eigenvalue weighted by atomic mass is 9.96. The number of hydrogen-bond donors (Lipinski definition) is 3. The van der Waals surface area contributed by atoms with Crippen molar-refractivity contribution in [3.63, 3.8) is 0 Å². The van der Waals surface area contributed by atoms with Crippen LogP contribution in [0.4, 0.5) is 0 Å². The van der Waals surface area contributed by atoms with Gasteiger partial charge in [-0.1, -0.05) is 34.1 Å². The number of carboxylic acids is 1. The zero-order valence-corrected chi connectivity index (χ0v) is 17.8. The van der Waals surface area contributed by atoms with Gasteiger partial charge in [0.1, 0.15) is 0 Å². The van der Waals surface area contributed by atoms with Crippen LogP contribution >= 0.6 is 15.9 Å². The summed E-state index contributed by atoms with van der Waals surface area (Å²) in [7, 11) is 3.05. The predicted molar refractivity (Wildman–Crippen MR) is 113 cm³/mol. The molecule has 2 rings (SSSR count). The van der Waals surface area contributed by atoms with E-state index in [2.05, 4.69) is 21.2 Å². The first-order valence-electron chi connectivity index (χ1n) is 8.90. The molecule has 0 aliphatic carbocycles. The van der Waals surface area contributed by atoms with Crippen LogP contribution in [0.2, 0.25) is 0 Å². The van der Waals surface area contributed by atoms with Gasteiger partial charge in [0.05, 0.1) is 26.7 Å². The molecule has 1 atom stereocenters. The number of ether oxygens (including phenoxy) is 2. The largest absolute Gasteiger partial charge is 0.493 e. The van der Waals surface area contributed by atoms with E-state index in [1.165, 1.54) is 14.2 Å². The van der Waals surface area contributed by atoms with E-state index in [1.54, 1.807) is 18.2 Å². The second-order valence-electron chi connectivity index (χ2n) is 6.32. The van der Waals surface area contributed by atoms with Crippen molar-refractivity contribution in [2.24, 2.45) is 0 Å². The van der Waals surface area contributed by atoms with E-state index in [1.807, 2.05) is 24.3 Å². The lowest BCUT2D eigenvalue weighted by Crippen LogP contribution is -2.30. The molecular weight excluding hydrogens is 440 g/mol. The third-order valence-corrected chi connectivity index (χ3v) is 4.84. The monoisotopic (exact) mass is 462 g/mol. The van der Waals surface area contributed by atoms with Crippen LogP contribution < -0.4 is 14.8 Å². The highest BCUT2D eigenvalue weighted by molar-refractivity contribution is 9.10. The molecule has 3 N–H and O–H groups in total. The molecule has 1 unspecified atom stereocenters. The number of methoxy groups -OCH3 is 2. The molecule has 8 heteroatoms. The van der Waals surface area contributed by atoms with E-state index in [0.29, 0.717) is 17.2 Å². The van der Waals surface area contributed by atoms with Gasteiger partial charge in [0.25, 0.3) is 0 Å². The van der Waals surface area contributed by atoms with Crippen molar-refractivity contribution in [3.05, 3.63) is 58.1 Å². The number of rotatable bonds is 10. The second kappa shape index (κ2) is 10.6. The van der Waals surface area contributed by atoms with E-state index in [4.69, 9.17) is 20.0 Å². The first kappa shape index (κ1) is 22.4. The van der Waals surface area contributed by atoms with E-state index in [0.717, 1.165) is 15.6 Å². The molecule has 0 radical (unpaired) electrons. The van der Waals surface area contributed by atoms with Gasteiger partial charge in [0, 0.05) is 23.0 Å². The molecule has 7 nitrogen and oxygen atoms in total. The van der Waals surface area contributed by atoms with Crippen LogP contribution in [0.15, 0.2) is 46.9 Å². The second-order valence-corrected chi connectivity index (χ2v) is 7.23. The minimum atomic E-state index is -1.04. The first-order chi connectivity index (χ1) is 13.8. The molecule has 0 saturated heterocycles.